The van der Waals surface area contributed by atoms with Crippen molar-refractivity contribution >= 4 is 25.0 Å². The summed E-state index contributed by atoms with van der Waals surface area (Å²) in [5.41, 5.74) is 2.75. The van der Waals surface area contributed by atoms with Gasteiger partial charge in [0.05, 0.1) is 0 Å². The monoisotopic (exact) mass is 423 g/mol. The molecule has 4 nitrogen and oxygen atoms in total. The van der Waals surface area contributed by atoms with Gasteiger partial charge in [-0.1, -0.05) is 53.3 Å². The van der Waals surface area contributed by atoms with Gasteiger partial charge in [-0.2, -0.15) is 14.7 Å². The second kappa shape index (κ2) is 7.62. The molecule has 0 aliphatic heterocycles. The minimum absolute atomic E-state index is 0.185. The fraction of sp³-hybridized carbons (Fsp3) is 0.455. The summed E-state index contributed by atoms with van der Waals surface area (Å²) in [5.74, 6) is 0.328. The molecule has 0 spiro atoms. The first-order valence-corrected chi connectivity index (χ1v) is 11.7. The van der Waals surface area contributed by atoms with Gasteiger partial charge in [0.1, 0.15) is 5.75 Å². The first-order valence-electron chi connectivity index (χ1n) is 9.26. The lowest BCUT2D eigenvalue weighted by molar-refractivity contribution is 0.346. The summed E-state index contributed by atoms with van der Waals surface area (Å²) >= 11 is 1.57. The Kier molecular flexibility index (Phi) is 6.31. The second-order valence-corrected chi connectivity index (χ2v) is 12.2. The van der Waals surface area contributed by atoms with E-state index in [-0.39, 0.29) is 16.1 Å². The molecule has 2 aromatic carbocycles. The third kappa shape index (κ3) is 5.08. The number of hydrogen-bond acceptors (Lipinski definition) is 5. The van der Waals surface area contributed by atoms with E-state index in [1.807, 2.05) is 52.8 Å². The first kappa shape index (κ1) is 23.2. The average Bonchev–Trinajstić information content (AvgIpc) is 2.49. The standard InChI is InChI=1S/C22H31O4PS/c1-13-10-18(27(24,25)26)16(21(3,4)5)12-19(13)28-15-9-14(2)20(23)17(11-15)22(6,7)8/h9-12,24-26H,1-8H3/p+1. The first-order chi connectivity index (χ1) is 12.5. The summed E-state index contributed by atoms with van der Waals surface area (Å²) in [6, 6.07) is 7.58. The van der Waals surface area contributed by atoms with Crippen LogP contribution in [0.15, 0.2) is 34.1 Å². The van der Waals surface area contributed by atoms with E-state index in [1.165, 1.54) is 0 Å². The molecule has 6 heteroatoms. The van der Waals surface area contributed by atoms with E-state index in [9.17, 15) is 19.8 Å². The lowest BCUT2D eigenvalue weighted by atomic mass is 9.85. The molecule has 0 bridgehead atoms. The molecular formula is C22H32O4PS+. The van der Waals surface area contributed by atoms with Crippen molar-refractivity contribution in [2.75, 3.05) is 0 Å². The molecule has 154 valence electrons. The average molecular weight is 424 g/mol. The Hall–Kier alpha value is -1.10. The third-order valence-corrected chi connectivity index (χ3v) is 6.88. The Labute approximate surface area is 173 Å². The van der Waals surface area contributed by atoms with Crippen molar-refractivity contribution in [3.8, 4) is 5.75 Å². The normalized spacial score (nSPS) is 13.1. The van der Waals surface area contributed by atoms with E-state index in [0.29, 0.717) is 11.3 Å². The molecule has 28 heavy (non-hydrogen) atoms. The van der Waals surface area contributed by atoms with Crippen molar-refractivity contribution in [2.24, 2.45) is 0 Å². The summed E-state index contributed by atoms with van der Waals surface area (Å²) in [5, 5.41) is 10.7. The molecule has 0 unspecified atom stereocenters. The van der Waals surface area contributed by atoms with Gasteiger partial charge in [-0.25, -0.2) is 0 Å². The van der Waals surface area contributed by atoms with Gasteiger partial charge in [-0.3, -0.25) is 0 Å². The smallest absolute Gasteiger partial charge is 0.441 e. The van der Waals surface area contributed by atoms with Crippen molar-refractivity contribution < 1.29 is 19.8 Å². The van der Waals surface area contributed by atoms with Crippen LogP contribution in [-0.4, -0.2) is 19.8 Å². The van der Waals surface area contributed by atoms with Crippen LogP contribution >= 0.6 is 19.7 Å². The molecule has 0 heterocycles. The summed E-state index contributed by atoms with van der Waals surface area (Å²) in [6.07, 6.45) is 0. The van der Waals surface area contributed by atoms with Crippen molar-refractivity contribution in [3.63, 3.8) is 0 Å². The molecule has 0 saturated heterocycles. The number of aryl methyl sites for hydroxylation is 2. The van der Waals surface area contributed by atoms with Crippen molar-refractivity contribution in [1.82, 2.24) is 0 Å². The Bertz CT molecular complexity index is 887. The van der Waals surface area contributed by atoms with E-state index in [4.69, 9.17) is 0 Å². The number of hydrogen-bond donors (Lipinski definition) is 4. The summed E-state index contributed by atoms with van der Waals surface area (Å²) in [7, 11) is -4.12. The number of aromatic hydroxyl groups is 1. The molecular weight excluding hydrogens is 391 g/mol. The molecule has 0 aliphatic carbocycles. The fourth-order valence-electron chi connectivity index (χ4n) is 3.14. The van der Waals surface area contributed by atoms with Gasteiger partial charge in [0.25, 0.3) is 0 Å². The van der Waals surface area contributed by atoms with Gasteiger partial charge >= 0.3 is 7.94 Å². The Morgan fingerprint density at radius 1 is 0.750 bits per heavy atom. The zero-order valence-electron chi connectivity index (χ0n) is 18.0. The SMILES string of the molecule is Cc1cc([P+](O)(O)O)c(C(C)(C)C)cc1Sc1cc(C)c(O)c(C(C)(C)C)c1. The Balaban J connectivity index is 2.61. The quantitative estimate of drug-likeness (QED) is 0.515. The van der Waals surface area contributed by atoms with Crippen LogP contribution in [-0.2, 0) is 10.8 Å². The molecule has 2 rings (SSSR count). The van der Waals surface area contributed by atoms with Crippen LogP contribution < -0.4 is 5.30 Å². The number of benzene rings is 2. The minimum atomic E-state index is -4.12. The van der Waals surface area contributed by atoms with Crippen LogP contribution in [0.25, 0.3) is 0 Å². The van der Waals surface area contributed by atoms with Crippen LogP contribution in [0.1, 0.15) is 63.8 Å². The molecule has 0 amide bonds. The number of phenolic OH excluding ortho intramolecular Hbond substituents is 1. The van der Waals surface area contributed by atoms with Crippen LogP contribution in [0.4, 0.5) is 0 Å². The number of phenols is 1. The summed E-state index contributed by atoms with van der Waals surface area (Å²) < 4.78 is 0. The third-order valence-electron chi connectivity index (χ3n) is 4.73. The maximum absolute atomic E-state index is 10.5. The van der Waals surface area contributed by atoms with E-state index in [1.54, 1.807) is 17.8 Å². The van der Waals surface area contributed by atoms with Gasteiger partial charge in [0.2, 0.25) is 0 Å². The van der Waals surface area contributed by atoms with E-state index < -0.39 is 7.94 Å². The summed E-state index contributed by atoms with van der Waals surface area (Å²) in [4.78, 5) is 31.7. The van der Waals surface area contributed by atoms with Crippen molar-refractivity contribution in [3.05, 3.63) is 46.5 Å². The van der Waals surface area contributed by atoms with Gasteiger partial charge in [0.15, 0.2) is 5.30 Å². The Morgan fingerprint density at radius 2 is 1.29 bits per heavy atom. The molecule has 0 fully saturated rings. The maximum Gasteiger partial charge on any atom is 0.441 e. The molecule has 0 aromatic heterocycles. The predicted octanol–water partition coefficient (Wildman–Crippen LogP) is 5.12. The van der Waals surface area contributed by atoms with Gasteiger partial charge in [0, 0.05) is 20.9 Å². The van der Waals surface area contributed by atoms with Gasteiger partial charge in [-0.05, 0) is 60.1 Å². The van der Waals surface area contributed by atoms with Crippen LogP contribution in [0, 0.1) is 13.8 Å². The second-order valence-electron chi connectivity index (χ2n) is 9.44. The largest absolute Gasteiger partial charge is 0.507 e. The molecule has 0 atom stereocenters. The minimum Gasteiger partial charge on any atom is -0.507 e. The van der Waals surface area contributed by atoms with Gasteiger partial charge < -0.3 is 5.11 Å². The van der Waals surface area contributed by atoms with Crippen LogP contribution in [0.2, 0.25) is 0 Å². The highest BCUT2D eigenvalue weighted by Gasteiger charge is 2.40. The van der Waals surface area contributed by atoms with Crippen molar-refractivity contribution in [1.29, 1.82) is 0 Å². The van der Waals surface area contributed by atoms with Gasteiger partial charge in [-0.15, -0.1) is 0 Å². The summed E-state index contributed by atoms with van der Waals surface area (Å²) in [6.45, 7) is 15.9. The molecule has 0 saturated carbocycles. The highest BCUT2D eigenvalue weighted by Crippen LogP contribution is 2.48. The lowest BCUT2D eigenvalue weighted by Crippen LogP contribution is -2.25. The lowest BCUT2D eigenvalue weighted by Gasteiger charge is -2.24. The maximum atomic E-state index is 10.5. The van der Waals surface area contributed by atoms with Crippen molar-refractivity contribution in [2.45, 2.75) is 76.0 Å². The topological polar surface area (TPSA) is 80.9 Å². The molecule has 2 aromatic rings. The van der Waals surface area contributed by atoms with Crippen LogP contribution in [0.3, 0.4) is 0 Å². The highest BCUT2D eigenvalue weighted by atomic mass is 32.2. The zero-order valence-corrected chi connectivity index (χ0v) is 19.7. The zero-order chi connectivity index (χ0) is 21.7. The predicted molar refractivity (Wildman–Crippen MR) is 119 cm³/mol. The van der Waals surface area contributed by atoms with E-state index in [2.05, 4.69) is 20.8 Å². The molecule has 0 aliphatic rings. The highest BCUT2D eigenvalue weighted by molar-refractivity contribution is 7.99. The Morgan fingerprint density at radius 3 is 1.75 bits per heavy atom. The van der Waals surface area contributed by atoms with Crippen LogP contribution in [0.5, 0.6) is 5.75 Å². The molecule has 4 N–H and O–H groups in total. The fourth-order valence-corrected chi connectivity index (χ4v) is 5.29. The van der Waals surface area contributed by atoms with E-state index >= 15 is 0 Å². The number of rotatable bonds is 3. The molecule has 0 radical (unpaired) electrons. The van der Waals surface area contributed by atoms with E-state index in [0.717, 1.165) is 26.5 Å².